The minimum atomic E-state index is -1.07. The SMILES string of the molecule is CCCc1cc(Cl)ccc1C1COc2ccc3cc2N(CCC(CC)C(OC(=O)NC2CCN(C)C2)/C=C/COC(C)(C)C(=O)NS3)C1. The number of likely N-dealkylation sites (N-methyl/N-ethyl adjacent to an activating group) is 1. The molecule has 2 amide bonds. The summed E-state index contributed by atoms with van der Waals surface area (Å²) in [5.74, 6) is 0.753. The number of nitrogens with zero attached hydrogens (tertiary/aromatic N) is 2. The molecule has 2 aromatic carbocycles. The molecule has 3 aliphatic heterocycles. The molecular weight excluding hydrogens is 648 g/mol. The first-order chi connectivity index (χ1) is 23.1. The molecule has 0 spiro atoms. The lowest BCUT2D eigenvalue weighted by molar-refractivity contribution is -0.139. The van der Waals surface area contributed by atoms with Gasteiger partial charge in [-0.3, -0.25) is 9.52 Å². The lowest BCUT2D eigenvalue weighted by Gasteiger charge is -2.31. The van der Waals surface area contributed by atoms with Gasteiger partial charge in [0.15, 0.2) is 0 Å². The fourth-order valence-electron chi connectivity index (χ4n) is 6.73. The summed E-state index contributed by atoms with van der Waals surface area (Å²) in [6.45, 7) is 11.8. The van der Waals surface area contributed by atoms with Gasteiger partial charge in [0, 0.05) is 47.4 Å². The van der Waals surface area contributed by atoms with Crippen LogP contribution in [0, 0.1) is 5.92 Å². The van der Waals surface area contributed by atoms with Crippen LogP contribution in [0.3, 0.4) is 0 Å². The number of nitrogens with one attached hydrogen (secondary N) is 2. The molecule has 4 atom stereocenters. The molecule has 3 aliphatic rings. The van der Waals surface area contributed by atoms with Crippen molar-refractivity contribution in [2.45, 2.75) is 88.4 Å². The molecule has 5 rings (SSSR count). The zero-order valence-corrected chi connectivity index (χ0v) is 30.5. The van der Waals surface area contributed by atoms with Crippen LogP contribution in [0.2, 0.25) is 5.02 Å². The summed E-state index contributed by atoms with van der Waals surface area (Å²) in [5, 5.41) is 3.82. The molecule has 1 saturated heterocycles. The Balaban J connectivity index is 1.45. The summed E-state index contributed by atoms with van der Waals surface area (Å²) in [4.78, 5) is 31.9. The fraction of sp³-hybridized carbons (Fsp3) is 0.568. The Kier molecular flexibility index (Phi) is 12.6. The molecule has 0 aliphatic carbocycles. The highest BCUT2D eigenvalue weighted by atomic mass is 35.5. The van der Waals surface area contributed by atoms with Crippen molar-refractivity contribution in [2.75, 3.05) is 51.3 Å². The average Bonchev–Trinajstić information content (AvgIpc) is 3.37. The highest BCUT2D eigenvalue weighted by Gasteiger charge is 2.32. The minimum Gasteiger partial charge on any atom is -0.491 e. The zero-order chi connectivity index (χ0) is 34.3. The lowest BCUT2D eigenvalue weighted by Crippen LogP contribution is -2.42. The highest BCUT2D eigenvalue weighted by Crippen LogP contribution is 2.39. The third kappa shape index (κ3) is 9.40. The van der Waals surface area contributed by atoms with Crippen LogP contribution < -0.4 is 19.7 Å². The maximum Gasteiger partial charge on any atom is 0.407 e. The number of likely N-dealkylation sites (tertiary alicyclic amines) is 1. The molecule has 0 radical (unpaired) electrons. The van der Waals surface area contributed by atoms with E-state index in [0.29, 0.717) is 6.61 Å². The first-order valence-electron chi connectivity index (χ1n) is 17.3. The Morgan fingerprint density at radius 2 is 1.98 bits per heavy atom. The van der Waals surface area contributed by atoms with E-state index in [0.717, 1.165) is 79.6 Å². The smallest absolute Gasteiger partial charge is 0.407 e. The number of hydrogen-bond acceptors (Lipinski definition) is 8. The number of benzene rings is 2. The molecule has 262 valence electrons. The molecule has 1 fully saturated rings. The normalized spacial score (nSPS) is 25.8. The maximum absolute atomic E-state index is 13.2. The molecule has 48 heavy (non-hydrogen) atoms. The first kappa shape index (κ1) is 36.4. The van der Waals surface area contributed by atoms with Crippen molar-refractivity contribution in [1.29, 1.82) is 0 Å². The van der Waals surface area contributed by atoms with E-state index in [9.17, 15) is 9.59 Å². The third-order valence-electron chi connectivity index (χ3n) is 9.61. The van der Waals surface area contributed by atoms with E-state index < -0.39 is 17.8 Å². The summed E-state index contributed by atoms with van der Waals surface area (Å²) in [5.41, 5.74) is 2.43. The summed E-state index contributed by atoms with van der Waals surface area (Å²) in [7, 11) is 2.06. The Bertz CT molecular complexity index is 1450. The van der Waals surface area contributed by atoms with Crippen molar-refractivity contribution in [2.24, 2.45) is 5.92 Å². The van der Waals surface area contributed by atoms with E-state index >= 15 is 0 Å². The molecule has 0 aromatic heterocycles. The van der Waals surface area contributed by atoms with Gasteiger partial charge in [-0.15, -0.1) is 0 Å². The molecule has 0 saturated carbocycles. The van der Waals surface area contributed by atoms with Gasteiger partial charge in [-0.2, -0.15) is 0 Å². The van der Waals surface area contributed by atoms with Crippen LogP contribution in [-0.2, 0) is 20.7 Å². The van der Waals surface area contributed by atoms with Crippen molar-refractivity contribution in [1.82, 2.24) is 14.9 Å². The number of hydrogen-bond donors (Lipinski definition) is 2. The summed E-state index contributed by atoms with van der Waals surface area (Å²) < 4.78 is 21.6. The first-order valence-corrected chi connectivity index (χ1v) is 18.5. The van der Waals surface area contributed by atoms with Gasteiger partial charge in [-0.25, -0.2) is 4.79 Å². The molecule has 2 aromatic rings. The number of carbonyl (C=O) groups excluding carboxylic acids is 2. The van der Waals surface area contributed by atoms with Crippen molar-refractivity contribution in [3.05, 3.63) is 64.7 Å². The second kappa shape index (κ2) is 16.7. The topological polar surface area (TPSA) is 92.4 Å². The number of fused-ring (bicyclic) bond motifs is 1. The fourth-order valence-corrected chi connectivity index (χ4v) is 7.69. The van der Waals surface area contributed by atoms with Gasteiger partial charge in [0.1, 0.15) is 17.5 Å². The van der Waals surface area contributed by atoms with Crippen LogP contribution in [0.25, 0.3) is 0 Å². The molecule has 3 heterocycles. The second-order valence-corrected chi connectivity index (χ2v) is 15.0. The van der Waals surface area contributed by atoms with Gasteiger partial charge >= 0.3 is 6.09 Å². The van der Waals surface area contributed by atoms with E-state index in [1.54, 1.807) is 13.8 Å². The van der Waals surface area contributed by atoms with Crippen LogP contribution in [0.4, 0.5) is 10.5 Å². The van der Waals surface area contributed by atoms with E-state index in [-0.39, 0.29) is 30.4 Å². The van der Waals surface area contributed by atoms with Gasteiger partial charge in [-0.05, 0) is 113 Å². The summed E-state index contributed by atoms with van der Waals surface area (Å²) in [6.07, 6.45) is 7.41. The molecule has 2 N–H and O–H groups in total. The quantitative estimate of drug-likeness (QED) is 0.247. The van der Waals surface area contributed by atoms with E-state index in [1.807, 2.05) is 30.4 Å². The van der Waals surface area contributed by atoms with Gasteiger partial charge in [0.25, 0.3) is 5.91 Å². The summed E-state index contributed by atoms with van der Waals surface area (Å²) >= 11 is 7.72. The van der Waals surface area contributed by atoms with Crippen LogP contribution in [0.1, 0.15) is 70.4 Å². The minimum absolute atomic E-state index is 0.0530. The molecule has 4 unspecified atom stereocenters. The highest BCUT2D eigenvalue weighted by molar-refractivity contribution is 7.98. The van der Waals surface area contributed by atoms with Crippen molar-refractivity contribution >= 4 is 41.2 Å². The largest absolute Gasteiger partial charge is 0.491 e. The van der Waals surface area contributed by atoms with Gasteiger partial charge in [0.05, 0.1) is 18.9 Å². The number of ether oxygens (including phenoxy) is 3. The van der Waals surface area contributed by atoms with Crippen LogP contribution in [0.15, 0.2) is 53.4 Å². The van der Waals surface area contributed by atoms with Gasteiger partial charge in [-0.1, -0.05) is 44.0 Å². The van der Waals surface area contributed by atoms with Crippen LogP contribution >= 0.6 is 23.5 Å². The molecule has 9 nitrogen and oxygen atoms in total. The van der Waals surface area contributed by atoms with Gasteiger partial charge in [0.2, 0.25) is 0 Å². The van der Waals surface area contributed by atoms with E-state index in [2.05, 4.69) is 58.9 Å². The number of anilines is 1. The van der Waals surface area contributed by atoms with Gasteiger partial charge < -0.3 is 29.3 Å². The Morgan fingerprint density at radius 3 is 2.73 bits per heavy atom. The van der Waals surface area contributed by atoms with E-state index in [4.69, 9.17) is 25.8 Å². The maximum atomic E-state index is 13.2. The monoisotopic (exact) mass is 698 g/mol. The number of alkyl carbamates (subject to hydrolysis) is 1. The van der Waals surface area contributed by atoms with Crippen LogP contribution in [-0.4, -0.2) is 81.1 Å². The number of halogens is 1. The number of rotatable bonds is 6. The molecule has 2 bridgehead atoms. The standard InChI is InChI=1S/C37H51ClN4O5S/c1-6-9-26-20-28(38)11-13-31(26)27-22-42-18-15-25(7-2)33(47-36(44)39-29-16-17-41(5)23-29)10-8-19-46-37(3,4)35(43)40-48-30-12-14-34(45-24-27)32(42)21-30/h8,10-14,20-21,25,27,29,33H,6-7,9,15-19,22-24H2,1-5H3,(H,39,44)(H,40,43)/b10-8+. The van der Waals surface area contributed by atoms with E-state index in [1.165, 1.54) is 23.1 Å². The zero-order valence-electron chi connectivity index (χ0n) is 28.9. The second-order valence-electron chi connectivity index (χ2n) is 13.7. The van der Waals surface area contributed by atoms with Crippen molar-refractivity contribution in [3.63, 3.8) is 0 Å². The number of amides is 2. The average molecular weight is 699 g/mol. The predicted octanol–water partition coefficient (Wildman–Crippen LogP) is 6.98. The Morgan fingerprint density at radius 1 is 1.15 bits per heavy atom. The number of carbonyl (C=O) groups is 2. The third-order valence-corrected chi connectivity index (χ3v) is 10.6. The molecular formula is C37H51ClN4O5S. The van der Waals surface area contributed by atoms with Crippen LogP contribution in [0.5, 0.6) is 5.75 Å². The lowest BCUT2D eigenvalue weighted by atomic mass is 9.91. The molecule has 11 heteroatoms. The van der Waals surface area contributed by atoms with Crippen molar-refractivity contribution in [3.8, 4) is 5.75 Å². The Hall–Kier alpha value is -2.92. The summed E-state index contributed by atoms with van der Waals surface area (Å²) in [6, 6.07) is 12.4. The number of aryl methyl sites for hydroxylation is 1. The Labute approximate surface area is 295 Å². The van der Waals surface area contributed by atoms with Crippen molar-refractivity contribution < 1.29 is 23.8 Å². The predicted molar refractivity (Wildman–Crippen MR) is 193 cm³/mol.